The van der Waals surface area contributed by atoms with Crippen molar-refractivity contribution in [2.75, 3.05) is 52.9 Å². The van der Waals surface area contributed by atoms with Crippen LogP contribution in [0.5, 0.6) is 0 Å². The number of aromatic nitrogens is 1. The van der Waals surface area contributed by atoms with Gasteiger partial charge >= 0.3 is 0 Å². The lowest BCUT2D eigenvalue weighted by Gasteiger charge is -2.32. The summed E-state index contributed by atoms with van der Waals surface area (Å²) in [6.45, 7) is 2.08. The monoisotopic (exact) mass is 593 g/mol. The van der Waals surface area contributed by atoms with E-state index in [-0.39, 0.29) is 49.2 Å². The average molecular weight is 594 g/mol. The van der Waals surface area contributed by atoms with Crippen LogP contribution >= 0.6 is 11.3 Å². The van der Waals surface area contributed by atoms with Gasteiger partial charge in [-0.3, -0.25) is 19.4 Å². The fourth-order valence-corrected chi connectivity index (χ4v) is 6.93. The predicted molar refractivity (Wildman–Crippen MR) is 152 cm³/mol. The molecule has 14 nitrogen and oxygen atoms in total. The lowest BCUT2D eigenvalue weighted by Crippen LogP contribution is -2.54. The molecule has 6 N–H and O–H groups in total. The number of guanidine groups is 1. The lowest BCUT2D eigenvalue weighted by atomic mass is 10.1. The third-order valence-electron chi connectivity index (χ3n) is 6.83. The number of hydrogen-bond acceptors (Lipinski definition) is 9. The molecular formula is C24H35N9O5S2. The first-order valence-corrected chi connectivity index (χ1v) is 15.3. The number of nitrogens with two attached hydrogens (primary N) is 2. The number of amides is 2. The number of Topliss-reactive ketones (excluding diaryl/α,β-unsaturated/α-hetero) is 1. The Bertz CT molecular complexity index is 1330. The van der Waals surface area contributed by atoms with E-state index in [0.717, 1.165) is 4.70 Å². The van der Waals surface area contributed by atoms with Crippen molar-refractivity contribution in [3.8, 4) is 0 Å². The lowest BCUT2D eigenvalue weighted by molar-refractivity contribution is -0.134. The van der Waals surface area contributed by atoms with E-state index in [2.05, 4.69) is 20.0 Å². The largest absolute Gasteiger partial charge is 0.370 e. The maximum absolute atomic E-state index is 13.3. The minimum Gasteiger partial charge on any atom is -0.370 e. The Hall–Kier alpha value is -3.18. The third kappa shape index (κ3) is 7.51. The standard InChI is InChI=1S/C24H35N9O5S2/c1-31-11-13-33(14-12-31)40(37,38)30-18-8-10-32(23(18)36)15-20(34)28-17(6-4-9-27-24(25)26)21(35)22-29-16-5-2-3-7-19(16)39-22/h2-3,5,7,17-18,30H,4,6,8-15H2,1H3,(H,28,34)(H4,25,26,27)/t17-,18-/m0/s1. The molecule has 2 aliphatic rings. The van der Waals surface area contributed by atoms with Gasteiger partial charge < -0.3 is 26.6 Å². The molecule has 2 aromatic rings. The number of benzene rings is 1. The van der Waals surface area contributed by atoms with Crippen LogP contribution in [-0.4, -0.2) is 116 Å². The van der Waals surface area contributed by atoms with E-state index in [1.807, 2.05) is 36.2 Å². The molecule has 16 heteroatoms. The number of rotatable bonds is 12. The number of hydrogen-bond donors (Lipinski definition) is 4. The van der Waals surface area contributed by atoms with E-state index in [9.17, 15) is 22.8 Å². The fraction of sp³-hybridized carbons (Fsp3) is 0.542. The molecule has 0 spiro atoms. The normalized spacial score (nSPS) is 19.6. The highest BCUT2D eigenvalue weighted by atomic mass is 32.2. The first kappa shape index (κ1) is 29.8. The van der Waals surface area contributed by atoms with Gasteiger partial charge in [0, 0.05) is 39.3 Å². The van der Waals surface area contributed by atoms with E-state index in [4.69, 9.17) is 11.5 Å². The summed E-state index contributed by atoms with van der Waals surface area (Å²) in [7, 11) is -1.92. The van der Waals surface area contributed by atoms with Gasteiger partial charge in [-0.15, -0.1) is 11.3 Å². The van der Waals surface area contributed by atoms with E-state index < -0.39 is 34.1 Å². The van der Waals surface area contributed by atoms with E-state index >= 15 is 0 Å². The number of thiazole rings is 1. The van der Waals surface area contributed by atoms with Crippen molar-refractivity contribution >= 4 is 55.3 Å². The molecular weight excluding hydrogens is 558 g/mol. The summed E-state index contributed by atoms with van der Waals surface area (Å²) < 4.78 is 30.3. The van der Waals surface area contributed by atoms with Crippen LogP contribution in [0.2, 0.25) is 0 Å². The van der Waals surface area contributed by atoms with E-state index in [0.29, 0.717) is 38.1 Å². The Balaban J connectivity index is 1.37. The Kier molecular flexibility index (Phi) is 9.68. The molecule has 0 saturated carbocycles. The van der Waals surface area contributed by atoms with Crippen molar-refractivity contribution in [1.29, 1.82) is 0 Å². The molecule has 2 aliphatic heterocycles. The second kappa shape index (κ2) is 13.0. The number of likely N-dealkylation sites (tertiary alicyclic amines) is 1. The molecule has 0 unspecified atom stereocenters. The van der Waals surface area contributed by atoms with Gasteiger partial charge in [0.15, 0.2) is 11.0 Å². The highest BCUT2D eigenvalue weighted by molar-refractivity contribution is 7.87. The topological polar surface area (TPSA) is 196 Å². The number of nitrogens with zero attached hydrogens (tertiary/aromatic N) is 5. The summed E-state index contributed by atoms with van der Waals surface area (Å²) >= 11 is 1.24. The Morgan fingerprint density at radius 1 is 1.18 bits per heavy atom. The van der Waals surface area contributed by atoms with Gasteiger partial charge in [0.1, 0.15) is 6.04 Å². The minimum absolute atomic E-state index is 0.0663. The second-order valence-corrected chi connectivity index (χ2v) is 12.6. The zero-order valence-electron chi connectivity index (χ0n) is 22.3. The van der Waals surface area contributed by atoms with Crippen molar-refractivity contribution in [2.24, 2.45) is 16.5 Å². The molecule has 0 radical (unpaired) electrons. The quantitative estimate of drug-likeness (QED) is 0.100. The Labute approximate surface area is 237 Å². The number of nitrogens with one attached hydrogen (secondary N) is 2. The van der Waals surface area contributed by atoms with Crippen LogP contribution in [0.4, 0.5) is 0 Å². The van der Waals surface area contributed by atoms with Crippen LogP contribution < -0.4 is 21.5 Å². The van der Waals surface area contributed by atoms with Gasteiger partial charge in [-0.1, -0.05) is 12.1 Å². The predicted octanol–water partition coefficient (Wildman–Crippen LogP) is -1.30. The molecule has 1 aromatic heterocycles. The van der Waals surface area contributed by atoms with Crippen LogP contribution in [-0.2, 0) is 19.8 Å². The van der Waals surface area contributed by atoms with Gasteiger partial charge in [0.05, 0.1) is 22.8 Å². The average Bonchev–Trinajstić information content (AvgIpc) is 3.49. The summed E-state index contributed by atoms with van der Waals surface area (Å²) in [6, 6.07) is 5.51. The van der Waals surface area contributed by atoms with Crippen molar-refractivity contribution in [3.63, 3.8) is 0 Å². The van der Waals surface area contributed by atoms with Crippen molar-refractivity contribution in [2.45, 2.75) is 31.3 Å². The number of likely N-dealkylation sites (N-methyl/N-ethyl adjacent to an activating group) is 1. The van der Waals surface area contributed by atoms with Gasteiger partial charge in [-0.2, -0.15) is 17.4 Å². The molecule has 2 atom stereocenters. The number of piperazine rings is 1. The molecule has 0 aliphatic carbocycles. The summed E-state index contributed by atoms with van der Waals surface area (Å²) in [4.78, 5) is 50.9. The maximum Gasteiger partial charge on any atom is 0.280 e. The number of carbonyl (C=O) groups is 3. The zero-order valence-corrected chi connectivity index (χ0v) is 23.9. The summed E-state index contributed by atoms with van der Waals surface area (Å²) in [5, 5.41) is 3.00. The molecule has 218 valence electrons. The van der Waals surface area contributed by atoms with Crippen molar-refractivity contribution in [1.82, 2.24) is 29.1 Å². The van der Waals surface area contributed by atoms with Gasteiger partial charge in [-0.05, 0) is 38.4 Å². The Morgan fingerprint density at radius 2 is 1.90 bits per heavy atom. The van der Waals surface area contributed by atoms with Crippen LogP contribution in [0.25, 0.3) is 10.2 Å². The molecule has 40 heavy (non-hydrogen) atoms. The smallest absolute Gasteiger partial charge is 0.280 e. The third-order valence-corrected chi connectivity index (χ3v) is 9.51. The summed E-state index contributed by atoms with van der Waals surface area (Å²) in [5.41, 5.74) is 11.5. The van der Waals surface area contributed by atoms with Crippen molar-refractivity contribution in [3.05, 3.63) is 29.3 Å². The second-order valence-electron chi connectivity index (χ2n) is 9.85. The first-order valence-electron chi connectivity index (χ1n) is 13.0. The number of carbonyl (C=O) groups excluding carboxylic acids is 3. The maximum atomic E-state index is 13.3. The van der Waals surface area contributed by atoms with Crippen LogP contribution in [0.1, 0.15) is 29.1 Å². The van der Waals surface area contributed by atoms with E-state index in [1.165, 1.54) is 20.5 Å². The Morgan fingerprint density at radius 3 is 2.60 bits per heavy atom. The van der Waals surface area contributed by atoms with E-state index in [1.54, 1.807) is 0 Å². The zero-order chi connectivity index (χ0) is 28.9. The molecule has 4 rings (SSSR count). The summed E-state index contributed by atoms with van der Waals surface area (Å²) in [5.74, 6) is -1.42. The SMILES string of the molecule is CN1CCN(S(=O)(=O)N[C@H]2CCN(CC(=O)N[C@@H](CCCN=C(N)N)C(=O)c3nc4ccccc4s3)C2=O)CC1. The molecule has 1 aromatic carbocycles. The number of para-hydroxylation sites is 1. The molecule has 2 fully saturated rings. The molecule has 2 amide bonds. The first-order chi connectivity index (χ1) is 19.0. The highest BCUT2D eigenvalue weighted by Crippen LogP contribution is 2.23. The number of ketones is 1. The minimum atomic E-state index is -3.84. The number of aliphatic imine (C=N–C) groups is 1. The van der Waals surface area contributed by atoms with Crippen LogP contribution in [0.3, 0.4) is 0 Å². The highest BCUT2D eigenvalue weighted by Gasteiger charge is 2.38. The van der Waals surface area contributed by atoms with Crippen LogP contribution in [0.15, 0.2) is 29.3 Å². The molecule has 3 heterocycles. The molecule has 0 bridgehead atoms. The van der Waals surface area contributed by atoms with Gasteiger partial charge in [0.25, 0.3) is 10.2 Å². The fourth-order valence-electron chi connectivity index (χ4n) is 4.60. The van der Waals surface area contributed by atoms with Gasteiger partial charge in [-0.25, -0.2) is 4.98 Å². The number of fused-ring (bicyclic) bond motifs is 1. The summed E-state index contributed by atoms with van der Waals surface area (Å²) in [6.07, 6.45) is 0.933. The molecule has 2 saturated heterocycles. The van der Waals surface area contributed by atoms with Gasteiger partial charge in [0.2, 0.25) is 17.6 Å². The van der Waals surface area contributed by atoms with Crippen molar-refractivity contribution < 1.29 is 22.8 Å². The van der Waals surface area contributed by atoms with Crippen LogP contribution in [0, 0.1) is 0 Å².